The molecule has 37 heavy (non-hydrogen) atoms. The topological polar surface area (TPSA) is 45.7 Å². The van der Waals surface area contributed by atoms with Crippen LogP contribution in [0, 0.1) is 18.2 Å². The number of halogens is 2. The third kappa shape index (κ3) is 4.58. The van der Waals surface area contributed by atoms with Crippen molar-refractivity contribution in [2.24, 2.45) is 7.05 Å². The Morgan fingerprint density at radius 3 is 2.08 bits per heavy atom. The molecule has 5 rings (SSSR count). The Kier molecular flexibility index (Phi) is 6.48. The Morgan fingerprint density at radius 2 is 1.51 bits per heavy atom. The summed E-state index contributed by atoms with van der Waals surface area (Å²) in [5, 5.41) is 0. The molecule has 0 radical (unpaired) electrons. The van der Waals surface area contributed by atoms with Crippen molar-refractivity contribution in [1.29, 1.82) is 0 Å². The van der Waals surface area contributed by atoms with E-state index < -0.39 is 0 Å². The number of aromatic nitrogens is 2. The van der Waals surface area contributed by atoms with Crippen molar-refractivity contribution in [1.82, 2.24) is 14.5 Å². The minimum atomic E-state index is -0.309. The fourth-order valence-electron chi connectivity index (χ4n) is 5.30. The predicted molar refractivity (Wildman–Crippen MR) is 141 cm³/mol. The summed E-state index contributed by atoms with van der Waals surface area (Å²) in [6.45, 7) is 12.8. The van der Waals surface area contributed by atoms with Crippen molar-refractivity contribution in [2.45, 2.75) is 32.0 Å². The molecule has 1 saturated heterocycles. The maximum atomic E-state index is 13.7. The van der Waals surface area contributed by atoms with Gasteiger partial charge < -0.3 is 14.3 Å². The number of hydrogen-bond donors (Lipinski definition) is 0. The third-order valence-corrected chi connectivity index (χ3v) is 7.22. The quantitative estimate of drug-likeness (QED) is 0.350. The molecular weight excluding hydrogens is 472 g/mol. The molecule has 1 aliphatic heterocycles. The lowest BCUT2D eigenvalue weighted by atomic mass is 9.93. The number of fused-ring (bicyclic) bond motifs is 1. The molecule has 1 fully saturated rings. The first-order valence-electron chi connectivity index (χ1n) is 12.2. The lowest BCUT2D eigenvalue weighted by Crippen LogP contribution is -2.57. The van der Waals surface area contributed by atoms with Crippen molar-refractivity contribution >= 4 is 22.5 Å². The maximum absolute atomic E-state index is 13.7. The second-order valence-electron chi connectivity index (χ2n) is 9.63. The van der Waals surface area contributed by atoms with Gasteiger partial charge in [-0.3, -0.25) is 9.69 Å². The van der Waals surface area contributed by atoms with Gasteiger partial charge in [0.15, 0.2) is 0 Å². The zero-order valence-corrected chi connectivity index (χ0v) is 20.9. The smallest absolute Gasteiger partial charge is 0.270 e. The monoisotopic (exact) mass is 499 g/mol. The fourth-order valence-corrected chi connectivity index (χ4v) is 5.30. The minimum Gasteiger partial charge on any atom is -0.362 e. The van der Waals surface area contributed by atoms with E-state index in [1.807, 2.05) is 0 Å². The highest BCUT2D eigenvalue weighted by atomic mass is 19.1. The first-order chi connectivity index (χ1) is 17.8. The van der Waals surface area contributed by atoms with Crippen molar-refractivity contribution in [3.63, 3.8) is 0 Å². The highest BCUT2D eigenvalue weighted by Gasteiger charge is 2.36. The summed E-state index contributed by atoms with van der Waals surface area (Å²) in [4.78, 5) is 25.4. The summed E-state index contributed by atoms with van der Waals surface area (Å²) in [5.41, 5.74) is 3.70. The molecular formula is C29H27F2N5O. The van der Waals surface area contributed by atoms with E-state index in [9.17, 15) is 13.6 Å². The number of anilines is 1. The molecule has 1 aliphatic rings. The number of benzene rings is 2. The van der Waals surface area contributed by atoms with E-state index in [0.29, 0.717) is 29.8 Å². The predicted octanol–water partition coefficient (Wildman–Crippen LogP) is 5.45. The Morgan fingerprint density at radius 1 is 0.919 bits per heavy atom. The van der Waals surface area contributed by atoms with Gasteiger partial charge in [0, 0.05) is 38.3 Å². The standard InChI is InChI=1S/C29H27F2N5O/c1-18-17-36(29(20-5-9-22(30)10-6-20)21-7-11-23(31)12-8-21)19(2)16-35(18)25-15-27(37)34(4)24-13-14-26(32-3)33-28(24)25/h5-15,18-19,29H,16-17H2,1-2,4H3/t18-,19+/m0/s1. The maximum Gasteiger partial charge on any atom is 0.270 e. The number of nitrogens with zero attached hydrogens (tertiary/aromatic N) is 5. The van der Waals surface area contributed by atoms with E-state index in [-0.39, 0.29) is 41.1 Å². The highest BCUT2D eigenvalue weighted by molar-refractivity contribution is 5.89. The van der Waals surface area contributed by atoms with Crippen LogP contribution in [0.1, 0.15) is 31.0 Å². The van der Waals surface area contributed by atoms with Crippen LogP contribution in [0.4, 0.5) is 20.3 Å². The largest absolute Gasteiger partial charge is 0.362 e. The Hall–Kier alpha value is -4.09. The number of piperazine rings is 1. The molecule has 0 saturated carbocycles. The average Bonchev–Trinajstić information content (AvgIpc) is 2.90. The second-order valence-corrected chi connectivity index (χ2v) is 9.63. The van der Waals surface area contributed by atoms with Gasteiger partial charge in [-0.25, -0.2) is 8.78 Å². The van der Waals surface area contributed by atoms with Crippen LogP contribution in [0.5, 0.6) is 0 Å². The fraction of sp³-hybridized carbons (Fsp3) is 0.276. The summed E-state index contributed by atoms with van der Waals surface area (Å²) >= 11 is 0. The SMILES string of the molecule is [C-]#[N+]c1ccc2c(n1)c(N1C[C@@H](C)N(C(c3ccc(F)cc3)c3ccc(F)cc3)C[C@@H]1C)cc(=O)n2C. The summed E-state index contributed by atoms with van der Waals surface area (Å²) in [5.74, 6) is -0.340. The van der Waals surface area contributed by atoms with E-state index in [1.165, 1.54) is 24.3 Å². The van der Waals surface area contributed by atoms with Crippen molar-refractivity contribution in [2.75, 3.05) is 18.0 Å². The van der Waals surface area contributed by atoms with Crippen LogP contribution in [0.25, 0.3) is 15.9 Å². The average molecular weight is 500 g/mol. The Bertz CT molecular complexity index is 1500. The zero-order chi connectivity index (χ0) is 26.3. The molecule has 0 aliphatic carbocycles. The van der Waals surface area contributed by atoms with Crippen molar-refractivity contribution in [3.05, 3.63) is 111 Å². The molecule has 0 N–H and O–H groups in total. The molecule has 0 unspecified atom stereocenters. The summed E-state index contributed by atoms with van der Waals surface area (Å²) in [7, 11) is 1.70. The van der Waals surface area contributed by atoms with Gasteiger partial charge >= 0.3 is 0 Å². The number of rotatable bonds is 4. The number of hydrogen-bond acceptors (Lipinski definition) is 4. The molecule has 2 aromatic carbocycles. The van der Waals surface area contributed by atoms with E-state index in [1.54, 1.807) is 54.1 Å². The summed E-state index contributed by atoms with van der Waals surface area (Å²) in [6, 6.07) is 17.7. The van der Waals surface area contributed by atoms with Gasteiger partial charge in [-0.15, -0.1) is 4.98 Å². The van der Waals surface area contributed by atoms with E-state index in [4.69, 9.17) is 6.57 Å². The first kappa shape index (κ1) is 24.6. The van der Waals surface area contributed by atoms with E-state index in [2.05, 4.69) is 33.5 Å². The van der Waals surface area contributed by atoms with Crippen LogP contribution in [-0.4, -0.2) is 39.6 Å². The Labute approximate surface area is 214 Å². The molecule has 2 aromatic heterocycles. The number of aryl methyl sites for hydroxylation is 1. The number of pyridine rings is 2. The zero-order valence-electron chi connectivity index (χ0n) is 20.9. The molecule has 3 heterocycles. The van der Waals surface area contributed by atoms with Crippen LogP contribution >= 0.6 is 0 Å². The summed E-state index contributed by atoms with van der Waals surface area (Å²) in [6.07, 6.45) is 0. The van der Waals surface area contributed by atoms with Gasteiger partial charge in [-0.05, 0) is 61.4 Å². The lowest BCUT2D eigenvalue weighted by Gasteiger charge is -2.48. The van der Waals surface area contributed by atoms with Crippen LogP contribution in [0.3, 0.4) is 0 Å². The van der Waals surface area contributed by atoms with Gasteiger partial charge in [0.2, 0.25) is 5.52 Å². The molecule has 2 atom stereocenters. The minimum absolute atomic E-state index is 0.00620. The van der Waals surface area contributed by atoms with Gasteiger partial charge in [0.1, 0.15) is 11.6 Å². The van der Waals surface area contributed by atoms with Crippen molar-refractivity contribution < 1.29 is 8.78 Å². The van der Waals surface area contributed by atoms with Gasteiger partial charge in [0.25, 0.3) is 11.4 Å². The van der Waals surface area contributed by atoms with Crippen molar-refractivity contribution in [3.8, 4) is 0 Å². The van der Waals surface area contributed by atoms with Crippen LogP contribution < -0.4 is 10.5 Å². The van der Waals surface area contributed by atoms with Crippen LogP contribution in [0.15, 0.2) is 71.5 Å². The molecule has 0 amide bonds. The molecule has 0 bridgehead atoms. The van der Waals surface area contributed by atoms with Gasteiger partial charge in [-0.1, -0.05) is 30.8 Å². The summed E-state index contributed by atoms with van der Waals surface area (Å²) < 4.78 is 29.0. The molecule has 4 aromatic rings. The molecule has 8 heteroatoms. The van der Waals surface area contributed by atoms with E-state index in [0.717, 1.165) is 11.1 Å². The van der Waals surface area contributed by atoms with Crippen LogP contribution in [0.2, 0.25) is 0 Å². The highest BCUT2D eigenvalue weighted by Crippen LogP contribution is 2.36. The van der Waals surface area contributed by atoms with Crippen LogP contribution in [-0.2, 0) is 7.05 Å². The second kappa shape index (κ2) is 9.75. The normalized spacial score (nSPS) is 18.4. The lowest BCUT2D eigenvalue weighted by molar-refractivity contribution is 0.130. The molecule has 6 nitrogen and oxygen atoms in total. The first-order valence-corrected chi connectivity index (χ1v) is 12.2. The van der Waals surface area contributed by atoms with Gasteiger partial charge in [0.05, 0.1) is 17.2 Å². The molecule has 0 spiro atoms. The molecule has 188 valence electrons. The van der Waals surface area contributed by atoms with Gasteiger partial charge in [-0.2, -0.15) is 0 Å². The third-order valence-electron chi connectivity index (χ3n) is 7.22. The Balaban J connectivity index is 1.55. The van der Waals surface area contributed by atoms with E-state index >= 15 is 0 Å².